The van der Waals surface area contributed by atoms with Gasteiger partial charge in [0.15, 0.2) is 0 Å². The molecule has 0 atom stereocenters. The number of anilines is 1. The first-order valence-electron chi connectivity index (χ1n) is 12.2. The zero-order valence-corrected chi connectivity index (χ0v) is 20.6. The second kappa shape index (κ2) is 9.58. The number of benzene rings is 1. The molecule has 5 nitrogen and oxygen atoms in total. The second-order valence-corrected chi connectivity index (χ2v) is 10.5. The zero-order chi connectivity index (χ0) is 23.6. The smallest absolute Gasteiger partial charge is 0.254 e. The molecule has 1 aromatic carbocycles. The predicted molar refractivity (Wildman–Crippen MR) is 135 cm³/mol. The Hall–Kier alpha value is -2.82. The highest BCUT2D eigenvalue weighted by atomic mass is 16.5. The minimum Gasteiger partial charge on any atom is -0.500 e. The summed E-state index contributed by atoms with van der Waals surface area (Å²) in [5, 5.41) is 8.23. The molecule has 1 fully saturated rings. The van der Waals surface area contributed by atoms with E-state index in [1.165, 1.54) is 11.0 Å². The number of aromatic nitrogens is 1. The monoisotopic (exact) mass is 447 g/mol. The van der Waals surface area contributed by atoms with Crippen LogP contribution in [0.5, 0.6) is 0 Å². The van der Waals surface area contributed by atoms with E-state index in [-0.39, 0.29) is 17.4 Å². The van der Waals surface area contributed by atoms with Crippen LogP contribution in [0.25, 0.3) is 10.9 Å². The van der Waals surface area contributed by atoms with Crippen molar-refractivity contribution in [2.45, 2.75) is 83.7 Å². The van der Waals surface area contributed by atoms with Gasteiger partial charge in [-0.15, -0.1) is 0 Å². The number of carbonyl (C=O) groups is 1. The highest BCUT2D eigenvalue weighted by Crippen LogP contribution is 2.32. The number of pyridine rings is 1. The Kier molecular flexibility index (Phi) is 6.78. The largest absolute Gasteiger partial charge is 0.500 e. The molecule has 1 aromatic heterocycles. The number of methoxy groups -OCH3 is 1. The van der Waals surface area contributed by atoms with Gasteiger partial charge in [0.05, 0.1) is 18.2 Å². The molecule has 2 aromatic rings. The Balaban J connectivity index is 1.42. The van der Waals surface area contributed by atoms with E-state index >= 15 is 0 Å². The fraction of sp³-hybridized carbons (Fsp3) is 0.500. The Morgan fingerprint density at radius 1 is 1.06 bits per heavy atom. The predicted octanol–water partition coefficient (Wildman–Crippen LogP) is 6.01. The van der Waals surface area contributed by atoms with Gasteiger partial charge in [-0.05, 0) is 57.2 Å². The lowest BCUT2D eigenvalue weighted by Gasteiger charge is -2.31. The van der Waals surface area contributed by atoms with Crippen LogP contribution in [-0.4, -0.2) is 30.1 Å². The number of nitrogens with one attached hydrogen (secondary N) is 2. The van der Waals surface area contributed by atoms with Gasteiger partial charge < -0.3 is 15.4 Å². The molecule has 1 amide bonds. The van der Waals surface area contributed by atoms with Gasteiger partial charge in [-0.2, -0.15) is 0 Å². The Labute approximate surface area is 197 Å². The number of nitrogens with zero attached hydrogens (tertiary/aromatic N) is 1. The second-order valence-electron chi connectivity index (χ2n) is 10.5. The summed E-state index contributed by atoms with van der Waals surface area (Å²) >= 11 is 0. The molecule has 0 unspecified atom stereocenters. The normalized spacial score (nSPS) is 21.5. The summed E-state index contributed by atoms with van der Waals surface area (Å²) in [7, 11) is 1.65. The van der Waals surface area contributed by atoms with E-state index in [0.717, 1.165) is 61.2 Å². The molecule has 2 N–H and O–H groups in total. The minimum absolute atomic E-state index is 0.00254. The van der Waals surface area contributed by atoms with Crippen molar-refractivity contribution < 1.29 is 9.53 Å². The third-order valence-corrected chi connectivity index (χ3v) is 6.84. The molecule has 0 saturated heterocycles. The van der Waals surface area contributed by atoms with Crippen LogP contribution in [0.2, 0.25) is 0 Å². The molecule has 0 aliphatic heterocycles. The summed E-state index contributed by atoms with van der Waals surface area (Å²) in [4.78, 5) is 17.8. The van der Waals surface area contributed by atoms with Gasteiger partial charge >= 0.3 is 0 Å². The maximum absolute atomic E-state index is 12.9. The minimum atomic E-state index is -0.00986. The third kappa shape index (κ3) is 5.40. The van der Waals surface area contributed by atoms with Crippen molar-refractivity contribution in [1.29, 1.82) is 0 Å². The first-order chi connectivity index (χ1) is 15.7. The molecule has 0 radical (unpaired) electrons. The van der Waals surface area contributed by atoms with E-state index in [2.05, 4.69) is 62.6 Å². The van der Waals surface area contributed by atoms with Gasteiger partial charge in [-0.25, -0.2) is 0 Å². The van der Waals surface area contributed by atoms with E-state index < -0.39 is 0 Å². The first-order valence-corrected chi connectivity index (χ1v) is 12.2. The van der Waals surface area contributed by atoms with Gasteiger partial charge in [0.1, 0.15) is 5.76 Å². The van der Waals surface area contributed by atoms with Crippen molar-refractivity contribution >= 4 is 22.5 Å². The highest BCUT2D eigenvalue weighted by molar-refractivity contribution is 5.97. The lowest BCUT2D eigenvalue weighted by Crippen LogP contribution is -2.41. The zero-order valence-electron chi connectivity index (χ0n) is 20.6. The standard InChI is InChI=1S/C28H37N3O2/c1-18-10-15-25(33-5)22(16-18)27(32)30-20-13-11-19(12-14-20)29-24-17-26(28(2,3)4)31-23-9-7-6-8-21(23)24/h6-9,16-17,19-20H,10-15H2,1-5H3,(H,29,31)(H,30,32). The Bertz CT molecular complexity index is 1090. The van der Waals surface area contributed by atoms with Crippen molar-refractivity contribution in [3.05, 3.63) is 59.0 Å². The maximum atomic E-state index is 12.9. The summed E-state index contributed by atoms with van der Waals surface area (Å²) in [5.41, 5.74) is 5.21. The van der Waals surface area contributed by atoms with Crippen LogP contribution in [0.3, 0.4) is 0 Å². The molecular weight excluding hydrogens is 410 g/mol. The molecule has 1 heterocycles. The van der Waals surface area contributed by atoms with Crippen LogP contribution >= 0.6 is 0 Å². The van der Waals surface area contributed by atoms with Gasteiger partial charge in [0.2, 0.25) is 0 Å². The lowest BCUT2D eigenvalue weighted by atomic mass is 9.89. The number of amides is 1. The van der Waals surface area contributed by atoms with Crippen molar-refractivity contribution in [2.24, 2.45) is 0 Å². The molecule has 0 spiro atoms. The lowest BCUT2D eigenvalue weighted by molar-refractivity contribution is -0.118. The molecule has 33 heavy (non-hydrogen) atoms. The van der Waals surface area contributed by atoms with Crippen LogP contribution in [0.1, 0.15) is 71.9 Å². The van der Waals surface area contributed by atoms with Gasteiger partial charge in [-0.3, -0.25) is 9.78 Å². The van der Waals surface area contributed by atoms with E-state index in [1.54, 1.807) is 7.11 Å². The van der Waals surface area contributed by atoms with Crippen LogP contribution in [0.15, 0.2) is 53.3 Å². The first kappa shape index (κ1) is 23.3. The van der Waals surface area contributed by atoms with Crippen molar-refractivity contribution in [3.8, 4) is 0 Å². The van der Waals surface area contributed by atoms with Crippen LogP contribution < -0.4 is 10.6 Å². The van der Waals surface area contributed by atoms with Crippen LogP contribution in [-0.2, 0) is 14.9 Å². The molecule has 4 rings (SSSR count). The van der Waals surface area contributed by atoms with Crippen LogP contribution in [0.4, 0.5) is 5.69 Å². The van der Waals surface area contributed by atoms with Crippen molar-refractivity contribution in [3.63, 3.8) is 0 Å². The van der Waals surface area contributed by atoms with Gasteiger partial charge in [-0.1, -0.05) is 44.5 Å². The topological polar surface area (TPSA) is 63.2 Å². The van der Waals surface area contributed by atoms with Crippen molar-refractivity contribution in [1.82, 2.24) is 10.3 Å². The van der Waals surface area contributed by atoms with E-state index in [0.29, 0.717) is 11.6 Å². The SMILES string of the molecule is COC1=C(C(=O)NC2CCC(Nc3cc(C(C)(C)C)nc4ccccc34)CC2)C=C(C)CC1. The van der Waals surface area contributed by atoms with Gasteiger partial charge in [0.25, 0.3) is 5.91 Å². The quantitative estimate of drug-likeness (QED) is 0.589. The molecule has 176 valence electrons. The maximum Gasteiger partial charge on any atom is 0.254 e. The third-order valence-electron chi connectivity index (χ3n) is 6.84. The number of fused-ring (bicyclic) bond motifs is 1. The Morgan fingerprint density at radius 2 is 1.76 bits per heavy atom. The molecule has 2 aliphatic rings. The van der Waals surface area contributed by atoms with E-state index in [1.807, 2.05) is 12.1 Å². The highest BCUT2D eigenvalue weighted by Gasteiger charge is 2.26. The fourth-order valence-corrected chi connectivity index (χ4v) is 4.79. The molecule has 0 bridgehead atoms. The number of para-hydroxylation sites is 1. The number of hydrogen-bond acceptors (Lipinski definition) is 4. The van der Waals surface area contributed by atoms with E-state index in [4.69, 9.17) is 9.72 Å². The number of ether oxygens (including phenoxy) is 1. The molecular formula is C28H37N3O2. The van der Waals surface area contributed by atoms with Crippen LogP contribution in [0, 0.1) is 0 Å². The molecule has 5 heteroatoms. The average molecular weight is 448 g/mol. The average Bonchev–Trinajstić information content (AvgIpc) is 2.79. The summed E-state index contributed by atoms with van der Waals surface area (Å²) in [6, 6.07) is 11.2. The molecule has 2 aliphatic carbocycles. The Morgan fingerprint density at radius 3 is 2.45 bits per heavy atom. The fourth-order valence-electron chi connectivity index (χ4n) is 4.79. The number of rotatable bonds is 5. The van der Waals surface area contributed by atoms with Gasteiger partial charge in [0, 0.05) is 40.7 Å². The summed E-state index contributed by atoms with van der Waals surface area (Å²) in [5.74, 6) is 0.796. The van der Waals surface area contributed by atoms with E-state index in [9.17, 15) is 4.79 Å². The number of carbonyl (C=O) groups excluding carboxylic acids is 1. The molecule has 1 saturated carbocycles. The number of allylic oxidation sites excluding steroid dienone is 2. The number of hydrogen-bond donors (Lipinski definition) is 2. The van der Waals surface area contributed by atoms with Crippen molar-refractivity contribution in [2.75, 3.05) is 12.4 Å². The summed E-state index contributed by atoms with van der Waals surface area (Å²) in [6.07, 6.45) is 7.72. The summed E-state index contributed by atoms with van der Waals surface area (Å²) < 4.78 is 5.47. The summed E-state index contributed by atoms with van der Waals surface area (Å²) in [6.45, 7) is 8.68.